The lowest BCUT2D eigenvalue weighted by atomic mass is 9.59. The lowest BCUT2D eigenvalue weighted by Gasteiger charge is -2.46. The van der Waals surface area contributed by atoms with Gasteiger partial charge in [-0.3, -0.25) is 4.79 Å². The molecular weight excluding hydrogens is 474 g/mol. The first-order valence-corrected chi connectivity index (χ1v) is 18.1. The number of carbonyl (C=O) groups is 1. The van der Waals surface area contributed by atoms with Crippen LogP contribution in [-0.4, -0.2) is 23.9 Å². The zero-order chi connectivity index (χ0) is 28.1. The minimum absolute atomic E-state index is 0.457. The number of nitrogens with zero attached hydrogens (tertiary/aromatic N) is 1. The summed E-state index contributed by atoms with van der Waals surface area (Å²) in [6.45, 7) is 14.3. The summed E-state index contributed by atoms with van der Waals surface area (Å²) in [4.78, 5) is 15.6. The van der Waals surface area contributed by atoms with E-state index in [-0.39, 0.29) is 0 Å². The molecule has 0 aromatic carbocycles. The van der Waals surface area contributed by atoms with E-state index in [1.165, 1.54) is 135 Å². The molecule has 2 nitrogen and oxygen atoms in total. The molecule has 0 saturated heterocycles. The molecule has 1 amide bonds. The monoisotopic (exact) mass is 544 g/mol. The van der Waals surface area contributed by atoms with Gasteiger partial charge in [-0.1, -0.05) is 105 Å². The molecule has 5 atom stereocenters. The van der Waals surface area contributed by atoms with Crippen molar-refractivity contribution >= 4 is 5.91 Å². The van der Waals surface area contributed by atoms with Crippen molar-refractivity contribution in [3.63, 3.8) is 0 Å². The topological polar surface area (TPSA) is 20.3 Å². The van der Waals surface area contributed by atoms with Crippen LogP contribution in [0.15, 0.2) is 0 Å². The average molecular weight is 544 g/mol. The summed E-state index contributed by atoms with van der Waals surface area (Å²) < 4.78 is 0. The fourth-order valence-corrected chi connectivity index (χ4v) is 9.44. The van der Waals surface area contributed by atoms with Gasteiger partial charge in [-0.2, -0.15) is 0 Å². The molecule has 3 unspecified atom stereocenters. The summed E-state index contributed by atoms with van der Waals surface area (Å²) in [5, 5.41) is 0. The van der Waals surface area contributed by atoms with Gasteiger partial charge < -0.3 is 4.90 Å². The highest BCUT2D eigenvalue weighted by Gasteiger charge is 2.50. The van der Waals surface area contributed by atoms with E-state index in [2.05, 4.69) is 39.5 Å². The van der Waals surface area contributed by atoms with Crippen LogP contribution in [0.3, 0.4) is 0 Å². The third kappa shape index (κ3) is 9.77. The summed E-state index contributed by atoms with van der Waals surface area (Å²) in [5.74, 6) is 4.20. The van der Waals surface area contributed by atoms with Crippen LogP contribution in [0.5, 0.6) is 0 Å². The Morgan fingerprint density at radius 2 is 1.36 bits per heavy atom. The van der Waals surface area contributed by atoms with E-state index in [0.29, 0.717) is 16.7 Å². The Kier molecular flexibility index (Phi) is 14.2. The second-order valence-electron chi connectivity index (χ2n) is 15.3. The second kappa shape index (κ2) is 16.8. The Hall–Kier alpha value is -0.530. The summed E-state index contributed by atoms with van der Waals surface area (Å²) in [7, 11) is 0. The molecule has 3 aliphatic carbocycles. The zero-order valence-electron chi connectivity index (χ0n) is 27.3. The predicted molar refractivity (Wildman–Crippen MR) is 170 cm³/mol. The molecule has 0 aromatic rings. The quantitative estimate of drug-likeness (QED) is 0.157. The Labute approximate surface area is 245 Å². The normalized spacial score (nSPS) is 30.3. The van der Waals surface area contributed by atoms with E-state index in [9.17, 15) is 4.79 Å². The third-order valence-electron chi connectivity index (χ3n) is 12.2. The van der Waals surface area contributed by atoms with Crippen molar-refractivity contribution in [2.24, 2.45) is 34.5 Å². The molecule has 0 spiro atoms. The van der Waals surface area contributed by atoms with E-state index < -0.39 is 0 Å². The molecule has 3 saturated carbocycles. The summed E-state index contributed by atoms with van der Waals surface area (Å²) >= 11 is 0. The number of fused-ring (bicyclic) bond motifs is 1. The van der Waals surface area contributed by atoms with Crippen LogP contribution in [0.25, 0.3) is 0 Å². The fraction of sp³-hybridized carbons (Fsp3) is 0.973. The number of amides is 1. The highest BCUT2D eigenvalue weighted by atomic mass is 16.2. The average Bonchev–Trinajstić information content (AvgIpc) is 3.25. The van der Waals surface area contributed by atoms with Gasteiger partial charge in [-0.05, 0) is 105 Å². The molecule has 3 rings (SSSR count). The van der Waals surface area contributed by atoms with Crippen LogP contribution < -0.4 is 0 Å². The Morgan fingerprint density at radius 1 is 0.667 bits per heavy atom. The molecule has 0 aliphatic heterocycles. The number of carbonyl (C=O) groups excluding carboxylic acids is 1. The van der Waals surface area contributed by atoms with Crippen molar-refractivity contribution < 1.29 is 4.79 Å². The lowest BCUT2D eigenvalue weighted by Crippen LogP contribution is -2.38. The summed E-state index contributed by atoms with van der Waals surface area (Å²) in [6.07, 6.45) is 30.8. The molecule has 2 heteroatoms. The van der Waals surface area contributed by atoms with Crippen LogP contribution in [0.2, 0.25) is 0 Å². The molecule has 0 N–H and O–H groups in total. The molecule has 39 heavy (non-hydrogen) atoms. The van der Waals surface area contributed by atoms with Gasteiger partial charge in [0, 0.05) is 19.5 Å². The van der Waals surface area contributed by atoms with Gasteiger partial charge in [-0.15, -0.1) is 0 Å². The molecule has 3 aliphatic rings. The van der Waals surface area contributed by atoms with Gasteiger partial charge in [0.05, 0.1) is 0 Å². The van der Waals surface area contributed by atoms with E-state index in [1.54, 1.807) is 0 Å². The van der Waals surface area contributed by atoms with Crippen molar-refractivity contribution in [2.75, 3.05) is 13.1 Å². The highest BCUT2D eigenvalue weighted by Crippen LogP contribution is 2.60. The first-order valence-electron chi connectivity index (χ1n) is 18.1. The standard InChI is InChI=1S/C37H69NO/c1-6-8-10-12-16-30-38(29-15-11-9-7-2)35(39)22-17-21-33-25-26-34-31(19-18-28-37(33,34)5)23-24-32-20-13-14-27-36(32,3)4/h31-34H,6-30H2,1-5H3/t31?,32?,33-,34?,37+/m0/s1. The van der Waals surface area contributed by atoms with Crippen LogP contribution >= 0.6 is 0 Å². The maximum atomic E-state index is 13.3. The smallest absolute Gasteiger partial charge is 0.222 e. The van der Waals surface area contributed by atoms with Gasteiger partial charge in [0.2, 0.25) is 5.91 Å². The SMILES string of the molecule is CCCCCCCN(CCCCCC)C(=O)CCC[C@H]1CCC2C(CCC3CCCCC3(C)C)CCC[C@@]21C. The minimum Gasteiger partial charge on any atom is -0.343 e. The van der Waals surface area contributed by atoms with E-state index in [0.717, 1.165) is 49.6 Å². The molecule has 0 aromatic heterocycles. The number of rotatable bonds is 18. The first kappa shape index (κ1) is 33.0. The minimum atomic E-state index is 0.457. The number of hydrogen-bond acceptors (Lipinski definition) is 1. The number of unbranched alkanes of at least 4 members (excludes halogenated alkanes) is 7. The van der Waals surface area contributed by atoms with Crippen molar-refractivity contribution in [2.45, 2.75) is 182 Å². The van der Waals surface area contributed by atoms with Crippen molar-refractivity contribution in [3.8, 4) is 0 Å². The molecule has 3 fully saturated rings. The van der Waals surface area contributed by atoms with Crippen LogP contribution in [-0.2, 0) is 4.79 Å². The van der Waals surface area contributed by atoms with Gasteiger partial charge in [-0.25, -0.2) is 0 Å². The first-order chi connectivity index (χ1) is 18.8. The van der Waals surface area contributed by atoms with Gasteiger partial charge in [0.15, 0.2) is 0 Å². The van der Waals surface area contributed by atoms with E-state index in [1.807, 2.05) is 0 Å². The van der Waals surface area contributed by atoms with Gasteiger partial charge in [0.25, 0.3) is 0 Å². The Balaban J connectivity index is 1.45. The molecule has 0 radical (unpaired) electrons. The fourth-order valence-electron chi connectivity index (χ4n) is 9.44. The van der Waals surface area contributed by atoms with E-state index >= 15 is 0 Å². The maximum Gasteiger partial charge on any atom is 0.222 e. The van der Waals surface area contributed by atoms with E-state index in [4.69, 9.17) is 0 Å². The predicted octanol–water partition coefficient (Wildman–Crippen LogP) is 11.4. The van der Waals surface area contributed by atoms with Crippen molar-refractivity contribution in [1.82, 2.24) is 4.90 Å². The second-order valence-corrected chi connectivity index (χ2v) is 15.3. The third-order valence-corrected chi connectivity index (χ3v) is 12.2. The van der Waals surface area contributed by atoms with Gasteiger partial charge in [0.1, 0.15) is 0 Å². The van der Waals surface area contributed by atoms with Crippen LogP contribution in [0.1, 0.15) is 182 Å². The Bertz CT molecular complexity index is 685. The van der Waals surface area contributed by atoms with Crippen LogP contribution in [0, 0.1) is 34.5 Å². The summed E-state index contributed by atoms with van der Waals surface area (Å²) in [6, 6.07) is 0. The van der Waals surface area contributed by atoms with Crippen molar-refractivity contribution in [1.29, 1.82) is 0 Å². The number of hydrogen-bond donors (Lipinski definition) is 0. The zero-order valence-corrected chi connectivity index (χ0v) is 27.3. The molecule has 0 bridgehead atoms. The highest BCUT2D eigenvalue weighted by molar-refractivity contribution is 5.76. The molecular formula is C37H69NO. The maximum absolute atomic E-state index is 13.3. The summed E-state index contributed by atoms with van der Waals surface area (Å²) in [5.41, 5.74) is 1.12. The largest absolute Gasteiger partial charge is 0.343 e. The van der Waals surface area contributed by atoms with Crippen molar-refractivity contribution in [3.05, 3.63) is 0 Å². The lowest BCUT2D eigenvalue weighted by molar-refractivity contribution is -0.131. The molecule has 228 valence electrons. The molecule has 0 heterocycles. The van der Waals surface area contributed by atoms with Gasteiger partial charge >= 0.3 is 0 Å². The Morgan fingerprint density at radius 3 is 2.05 bits per heavy atom. The van der Waals surface area contributed by atoms with Crippen LogP contribution in [0.4, 0.5) is 0 Å².